The first-order valence-corrected chi connectivity index (χ1v) is 15.7. The summed E-state index contributed by atoms with van der Waals surface area (Å²) < 4.78 is 21.7. The van der Waals surface area contributed by atoms with E-state index in [0.29, 0.717) is 36.5 Å². The van der Waals surface area contributed by atoms with Crippen LogP contribution in [-0.2, 0) is 59.4 Å². The minimum atomic E-state index is -1.26. The summed E-state index contributed by atoms with van der Waals surface area (Å²) in [5.74, 6) is -2.72. The van der Waals surface area contributed by atoms with Crippen LogP contribution in [0.4, 0.5) is 0 Å². The molecule has 0 radical (unpaired) electrons. The second kappa shape index (κ2) is 19.3. The van der Waals surface area contributed by atoms with Crippen LogP contribution in [-0.4, -0.2) is 84.4 Å². The van der Waals surface area contributed by atoms with Gasteiger partial charge in [0.1, 0.15) is 18.7 Å². The second-order valence-corrected chi connectivity index (χ2v) is 11.3. The molecule has 3 atom stereocenters. The second-order valence-electron chi connectivity index (χ2n) is 11.3. The van der Waals surface area contributed by atoms with Crippen molar-refractivity contribution in [1.82, 2.24) is 10.2 Å². The predicted molar refractivity (Wildman–Crippen MR) is 181 cm³/mol. The normalized spacial score (nSPS) is 14.6. The van der Waals surface area contributed by atoms with Gasteiger partial charge in [-0.3, -0.25) is 14.9 Å². The van der Waals surface area contributed by atoms with Crippen LogP contribution >= 0.6 is 0 Å². The number of methoxy groups -OCH3 is 3. The summed E-state index contributed by atoms with van der Waals surface area (Å²) in [5, 5.41) is 18.8. The minimum Gasteiger partial charge on any atom is -0.493 e. The lowest BCUT2D eigenvalue weighted by molar-refractivity contribution is -0.158. The number of ether oxygens (including phenoxy) is 4. The third kappa shape index (κ3) is 11.5. The third-order valence-corrected chi connectivity index (χ3v) is 7.86. The molecule has 266 valence electrons. The van der Waals surface area contributed by atoms with Gasteiger partial charge in [-0.1, -0.05) is 60.7 Å². The fourth-order valence-corrected chi connectivity index (χ4v) is 5.31. The molecule has 0 aromatic heterocycles. The summed E-state index contributed by atoms with van der Waals surface area (Å²) in [6, 6.07) is 20.5. The number of amides is 1. The van der Waals surface area contributed by atoms with E-state index in [9.17, 15) is 24.0 Å². The molecule has 3 aromatic rings. The lowest BCUT2D eigenvalue weighted by Gasteiger charge is -2.37. The third-order valence-electron chi connectivity index (χ3n) is 7.86. The Labute approximate surface area is 290 Å². The van der Waals surface area contributed by atoms with Crippen LogP contribution < -0.4 is 14.8 Å². The molecule has 13 heteroatoms. The lowest BCUT2D eigenvalue weighted by atomic mass is 9.92. The van der Waals surface area contributed by atoms with E-state index < -0.39 is 42.0 Å². The van der Waals surface area contributed by atoms with Crippen LogP contribution in [0.2, 0.25) is 0 Å². The van der Waals surface area contributed by atoms with Crippen molar-refractivity contribution >= 4 is 29.8 Å². The number of rotatable bonds is 14. The zero-order chi connectivity index (χ0) is 36.6. The van der Waals surface area contributed by atoms with Gasteiger partial charge in [0, 0.05) is 25.1 Å². The average Bonchev–Trinajstić information content (AvgIpc) is 3.13. The number of benzene rings is 3. The average molecular weight is 691 g/mol. The van der Waals surface area contributed by atoms with Crippen LogP contribution in [0, 0.1) is 0 Å². The van der Waals surface area contributed by atoms with Gasteiger partial charge in [0.25, 0.3) is 0 Å². The van der Waals surface area contributed by atoms with E-state index in [1.54, 1.807) is 21.1 Å². The molecule has 0 fully saturated rings. The molecular formula is C37H42N2O11. The Balaban J connectivity index is 0.000000753. The first-order valence-electron chi connectivity index (χ1n) is 15.7. The molecule has 1 aliphatic heterocycles. The van der Waals surface area contributed by atoms with Crippen molar-refractivity contribution in [2.24, 2.45) is 0 Å². The number of carbonyl (C=O) groups excluding carboxylic acids is 3. The van der Waals surface area contributed by atoms with Gasteiger partial charge in [-0.05, 0) is 54.2 Å². The molecule has 1 heterocycles. The molecule has 0 saturated heterocycles. The number of fused-ring (bicyclic) bond motifs is 1. The van der Waals surface area contributed by atoms with Crippen molar-refractivity contribution in [3.8, 4) is 11.5 Å². The van der Waals surface area contributed by atoms with Gasteiger partial charge >= 0.3 is 23.9 Å². The van der Waals surface area contributed by atoms with E-state index in [-0.39, 0.29) is 25.5 Å². The highest BCUT2D eigenvalue weighted by molar-refractivity contribution is 5.90. The smallest absolute Gasteiger partial charge is 0.329 e. The zero-order valence-electron chi connectivity index (χ0n) is 28.4. The Bertz CT molecular complexity index is 1630. The van der Waals surface area contributed by atoms with E-state index in [1.807, 2.05) is 72.8 Å². The van der Waals surface area contributed by atoms with Crippen molar-refractivity contribution < 1.29 is 53.1 Å². The summed E-state index contributed by atoms with van der Waals surface area (Å²) in [7, 11) is 4.43. The minimum absolute atomic E-state index is 0.0920. The zero-order valence-corrected chi connectivity index (χ0v) is 28.4. The molecule has 3 aromatic carbocycles. The van der Waals surface area contributed by atoms with Crippen molar-refractivity contribution in [2.75, 3.05) is 21.3 Å². The molecular weight excluding hydrogens is 648 g/mol. The van der Waals surface area contributed by atoms with Crippen LogP contribution in [0.1, 0.15) is 35.6 Å². The first kappa shape index (κ1) is 38.8. The Morgan fingerprint density at radius 3 is 1.90 bits per heavy atom. The number of hydrogen-bond acceptors (Lipinski definition) is 10. The molecule has 3 N–H and O–H groups in total. The Kier molecular flexibility index (Phi) is 15.0. The van der Waals surface area contributed by atoms with E-state index in [0.717, 1.165) is 22.3 Å². The summed E-state index contributed by atoms with van der Waals surface area (Å²) >= 11 is 0. The van der Waals surface area contributed by atoms with Crippen LogP contribution in [0.3, 0.4) is 0 Å². The van der Waals surface area contributed by atoms with Gasteiger partial charge in [-0.25, -0.2) is 14.4 Å². The van der Waals surface area contributed by atoms with Crippen LogP contribution in [0.15, 0.2) is 84.9 Å². The highest BCUT2D eigenvalue weighted by atomic mass is 16.5. The van der Waals surface area contributed by atoms with Gasteiger partial charge in [0.15, 0.2) is 11.5 Å². The maximum absolute atomic E-state index is 13.9. The Hall–Kier alpha value is -5.69. The SMILES string of the molecule is COC(=O)[C@H](CCc1ccccc1)N[C@@H](C)C(=O)N1Cc2cc(OC)c(OC)cc2C[C@H]1C(=O)OCc1ccccc1.O=C(O)/C=C\C(=O)O. The number of carbonyl (C=O) groups is 5. The number of esters is 2. The fraction of sp³-hybridized carbons (Fsp3) is 0.324. The maximum Gasteiger partial charge on any atom is 0.329 e. The molecule has 1 aliphatic rings. The van der Waals surface area contributed by atoms with Crippen molar-refractivity contribution in [2.45, 2.75) is 57.5 Å². The summed E-state index contributed by atoms with van der Waals surface area (Å²) in [5.41, 5.74) is 3.63. The molecule has 0 bridgehead atoms. The van der Waals surface area contributed by atoms with Crippen molar-refractivity contribution in [1.29, 1.82) is 0 Å². The van der Waals surface area contributed by atoms with E-state index in [1.165, 1.54) is 12.0 Å². The lowest BCUT2D eigenvalue weighted by Crippen LogP contribution is -2.56. The van der Waals surface area contributed by atoms with Crippen LogP contribution in [0.5, 0.6) is 11.5 Å². The van der Waals surface area contributed by atoms with Gasteiger partial charge in [-0.2, -0.15) is 0 Å². The molecule has 0 saturated carbocycles. The quantitative estimate of drug-likeness (QED) is 0.166. The number of aryl methyl sites for hydroxylation is 1. The highest BCUT2D eigenvalue weighted by Gasteiger charge is 2.39. The molecule has 13 nitrogen and oxygen atoms in total. The number of hydrogen-bond donors (Lipinski definition) is 3. The molecule has 4 rings (SSSR count). The number of aliphatic carboxylic acids is 2. The standard InChI is InChI=1S/C33H38N2O7.C4H4O4/c1-22(34-27(32(37)41-4)16-15-23-11-7-5-8-12-23)31(36)35-20-26-19-30(40-3)29(39-2)18-25(26)17-28(35)33(38)42-21-24-13-9-6-10-14-24;5-3(6)1-2-4(7)8/h5-14,18-19,22,27-28,34H,15-17,20-21H2,1-4H3;1-2H,(H,5,6)(H,7,8)/b;2-1-/t22-,27-,28-;/m0./s1. The summed E-state index contributed by atoms with van der Waals surface area (Å²) in [6.07, 6.45) is 2.43. The topological polar surface area (TPSA) is 178 Å². The molecule has 50 heavy (non-hydrogen) atoms. The number of carboxylic acid groups (broad SMARTS) is 2. The largest absolute Gasteiger partial charge is 0.493 e. The number of carboxylic acids is 2. The van der Waals surface area contributed by atoms with Gasteiger partial charge in [0.05, 0.1) is 27.4 Å². The van der Waals surface area contributed by atoms with E-state index >= 15 is 0 Å². The first-order chi connectivity index (χ1) is 24.0. The van der Waals surface area contributed by atoms with Gasteiger partial charge in [0.2, 0.25) is 5.91 Å². The predicted octanol–water partition coefficient (Wildman–Crippen LogP) is 3.56. The number of nitrogens with zero attached hydrogens (tertiary/aromatic N) is 1. The summed E-state index contributed by atoms with van der Waals surface area (Å²) in [6.45, 7) is 1.95. The molecule has 0 aliphatic carbocycles. The van der Waals surface area contributed by atoms with Crippen molar-refractivity contribution in [3.63, 3.8) is 0 Å². The summed E-state index contributed by atoms with van der Waals surface area (Å²) in [4.78, 5) is 60.7. The van der Waals surface area contributed by atoms with Gasteiger partial charge in [-0.15, -0.1) is 0 Å². The number of nitrogens with one attached hydrogen (secondary N) is 1. The molecule has 1 amide bonds. The van der Waals surface area contributed by atoms with Crippen molar-refractivity contribution in [3.05, 3.63) is 107 Å². The maximum atomic E-state index is 13.9. The van der Waals surface area contributed by atoms with E-state index in [2.05, 4.69) is 5.32 Å². The molecule has 0 spiro atoms. The van der Waals surface area contributed by atoms with E-state index in [4.69, 9.17) is 29.2 Å². The Morgan fingerprint density at radius 1 is 0.840 bits per heavy atom. The highest BCUT2D eigenvalue weighted by Crippen LogP contribution is 2.35. The monoisotopic (exact) mass is 690 g/mol. The fourth-order valence-electron chi connectivity index (χ4n) is 5.31. The molecule has 0 unspecified atom stereocenters. The Morgan fingerprint density at radius 2 is 1.38 bits per heavy atom. The van der Waals surface area contributed by atoms with Crippen LogP contribution in [0.25, 0.3) is 0 Å². The van der Waals surface area contributed by atoms with Gasteiger partial charge < -0.3 is 34.1 Å².